The summed E-state index contributed by atoms with van der Waals surface area (Å²) < 4.78 is 0. The number of hydrogen-bond donors (Lipinski definition) is 1. The van der Waals surface area contributed by atoms with Crippen LogP contribution in [0.5, 0.6) is 0 Å². The van der Waals surface area contributed by atoms with E-state index in [1.807, 2.05) is 18.3 Å². The van der Waals surface area contributed by atoms with Gasteiger partial charge in [0.2, 0.25) is 0 Å². The Morgan fingerprint density at radius 2 is 2.38 bits per heavy atom. The van der Waals surface area contributed by atoms with Gasteiger partial charge in [0.25, 0.3) is 0 Å². The monoisotopic (exact) mass is 167 g/mol. The minimum Gasteiger partial charge on any atom is -0.346 e. The number of nitrogens with one attached hydrogen (secondary N) is 1. The van der Waals surface area contributed by atoms with Gasteiger partial charge in [-0.05, 0) is 18.1 Å². The summed E-state index contributed by atoms with van der Waals surface area (Å²) in [5.41, 5.74) is 1.59. The molecule has 2 rings (SSSR count). The molecule has 0 spiro atoms. The molecule has 13 heavy (non-hydrogen) atoms. The smallest absolute Gasteiger partial charge is 0.152 e. The lowest BCUT2D eigenvalue weighted by atomic mass is 10.2. The van der Waals surface area contributed by atoms with E-state index in [4.69, 9.17) is 5.26 Å². The number of hydrogen-bond acceptors (Lipinski definition) is 2. The summed E-state index contributed by atoms with van der Waals surface area (Å²) in [7, 11) is 0. The van der Waals surface area contributed by atoms with Crippen molar-refractivity contribution in [2.45, 2.75) is 0 Å². The second kappa shape index (κ2) is 3.00. The molecule has 2 aromatic rings. The van der Waals surface area contributed by atoms with Gasteiger partial charge < -0.3 is 4.98 Å². The number of aromatic nitrogens is 2. The van der Waals surface area contributed by atoms with Gasteiger partial charge in [0.05, 0.1) is 0 Å². The SMILES string of the molecule is N#CC#Cc1cnc2[nH]ccc2c1. The highest BCUT2D eigenvalue weighted by molar-refractivity contribution is 5.76. The first kappa shape index (κ1) is 7.39. The summed E-state index contributed by atoms with van der Waals surface area (Å²) in [6.07, 6.45) is 3.46. The zero-order chi connectivity index (χ0) is 9.10. The zero-order valence-electron chi connectivity index (χ0n) is 6.70. The first-order chi connectivity index (χ1) is 6.40. The summed E-state index contributed by atoms with van der Waals surface area (Å²) >= 11 is 0. The summed E-state index contributed by atoms with van der Waals surface area (Å²) in [5.74, 6) is 5.02. The van der Waals surface area contributed by atoms with Crippen LogP contribution in [0.2, 0.25) is 0 Å². The molecule has 0 radical (unpaired) electrons. The molecule has 0 atom stereocenters. The average Bonchev–Trinajstić information content (AvgIpc) is 2.61. The van der Waals surface area contributed by atoms with Crippen LogP contribution in [0.4, 0.5) is 0 Å². The molecule has 60 valence electrons. The maximum absolute atomic E-state index is 8.25. The minimum absolute atomic E-state index is 0.758. The third kappa shape index (κ3) is 1.36. The molecule has 0 fully saturated rings. The second-order valence-electron chi connectivity index (χ2n) is 2.50. The van der Waals surface area contributed by atoms with Crippen LogP contribution in [0, 0.1) is 23.2 Å². The normalized spacial score (nSPS) is 8.85. The van der Waals surface area contributed by atoms with Crippen LogP contribution >= 0.6 is 0 Å². The molecule has 0 bridgehead atoms. The Kier molecular flexibility index (Phi) is 1.71. The van der Waals surface area contributed by atoms with E-state index in [1.165, 1.54) is 0 Å². The highest BCUT2D eigenvalue weighted by Gasteiger charge is 1.94. The van der Waals surface area contributed by atoms with E-state index >= 15 is 0 Å². The molecule has 1 N–H and O–H groups in total. The maximum Gasteiger partial charge on any atom is 0.152 e. The van der Waals surface area contributed by atoms with Crippen molar-refractivity contribution >= 4 is 11.0 Å². The number of fused-ring (bicyclic) bond motifs is 1. The Balaban J connectivity index is 2.56. The number of aromatic amines is 1. The van der Waals surface area contributed by atoms with Gasteiger partial charge in [-0.2, -0.15) is 5.26 Å². The van der Waals surface area contributed by atoms with Crippen LogP contribution in [0.15, 0.2) is 24.5 Å². The number of pyridine rings is 1. The first-order valence-corrected chi connectivity index (χ1v) is 3.73. The minimum atomic E-state index is 0.758. The van der Waals surface area contributed by atoms with E-state index in [9.17, 15) is 0 Å². The van der Waals surface area contributed by atoms with Gasteiger partial charge in [-0.3, -0.25) is 0 Å². The molecule has 3 heteroatoms. The standard InChI is InChI=1S/C10H5N3/c11-4-1-2-8-6-9-3-5-12-10(9)13-7-8/h3,5-7H,(H,12,13). The molecule has 2 heterocycles. The molecule has 0 aliphatic heterocycles. The van der Waals surface area contributed by atoms with Crippen molar-refractivity contribution in [3.05, 3.63) is 30.1 Å². The highest BCUT2D eigenvalue weighted by Crippen LogP contribution is 2.09. The van der Waals surface area contributed by atoms with E-state index in [0.717, 1.165) is 16.6 Å². The van der Waals surface area contributed by atoms with Crippen molar-refractivity contribution in [1.29, 1.82) is 5.26 Å². The Morgan fingerprint density at radius 1 is 1.46 bits per heavy atom. The topological polar surface area (TPSA) is 52.5 Å². The molecule has 0 aliphatic rings. The summed E-state index contributed by atoms with van der Waals surface area (Å²) in [6.45, 7) is 0. The number of rotatable bonds is 0. The quantitative estimate of drug-likeness (QED) is 0.603. The molecule has 0 saturated heterocycles. The van der Waals surface area contributed by atoms with Gasteiger partial charge in [0.15, 0.2) is 6.07 Å². The molecular formula is C10H5N3. The third-order valence-corrected chi connectivity index (χ3v) is 1.66. The Morgan fingerprint density at radius 3 is 3.23 bits per heavy atom. The average molecular weight is 167 g/mol. The van der Waals surface area contributed by atoms with Crippen molar-refractivity contribution in [1.82, 2.24) is 9.97 Å². The summed E-state index contributed by atoms with van der Waals surface area (Å²) in [6, 6.07) is 5.57. The van der Waals surface area contributed by atoms with Crippen molar-refractivity contribution in [3.8, 4) is 17.9 Å². The van der Waals surface area contributed by atoms with Gasteiger partial charge in [-0.15, -0.1) is 0 Å². The molecule has 0 amide bonds. The van der Waals surface area contributed by atoms with Gasteiger partial charge in [0, 0.05) is 29.3 Å². The lowest BCUT2D eigenvalue weighted by molar-refractivity contribution is 1.32. The van der Waals surface area contributed by atoms with Crippen molar-refractivity contribution in [3.63, 3.8) is 0 Å². The first-order valence-electron chi connectivity index (χ1n) is 3.73. The van der Waals surface area contributed by atoms with E-state index in [-0.39, 0.29) is 0 Å². The lowest BCUT2D eigenvalue weighted by Crippen LogP contribution is -1.79. The number of nitrogens with zero attached hydrogens (tertiary/aromatic N) is 2. The van der Waals surface area contributed by atoms with Crippen LogP contribution in [0.1, 0.15) is 5.56 Å². The van der Waals surface area contributed by atoms with E-state index in [1.54, 1.807) is 12.3 Å². The number of nitriles is 1. The van der Waals surface area contributed by atoms with Gasteiger partial charge in [-0.25, -0.2) is 4.98 Å². The molecule has 3 nitrogen and oxygen atoms in total. The van der Waals surface area contributed by atoms with E-state index in [0.29, 0.717) is 0 Å². The highest BCUT2D eigenvalue weighted by atomic mass is 14.8. The third-order valence-electron chi connectivity index (χ3n) is 1.66. The fourth-order valence-electron chi connectivity index (χ4n) is 1.11. The van der Waals surface area contributed by atoms with Crippen molar-refractivity contribution in [2.24, 2.45) is 0 Å². The largest absolute Gasteiger partial charge is 0.346 e. The Hall–Kier alpha value is -2.26. The van der Waals surface area contributed by atoms with Crippen LogP contribution < -0.4 is 0 Å². The van der Waals surface area contributed by atoms with Gasteiger partial charge in [0.1, 0.15) is 5.65 Å². The zero-order valence-corrected chi connectivity index (χ0v) is 6.70. The van der Waals surface area contributed by atoms with Crippen molar-refractivity contribution in [2.75, 3.05) is 0 Å². The Bertz CT molecular complexity index is 534. The predicted octanol–water partition coefficient (Wildman–Crippen LogP) is 1.44. The van der Waals surface area contributed by atoms with Crippen LogP contribution in [0.3, 0.4) is 0 Å². The molecule has 0 saturated carbocycles. The molecule has 0 unspecified atom stereocenters. The molecule has 0 aliphatic carbocycles. The van der Waals surface area contributed by atoms with Crippen molar-refractivity contribution < 1.29 is 0 Å². The van der Waals surface area contributed by atoms with Crippen LogP contribution in [-0.4, -0.2) is 9.97 Å². The fraction of sp³-hybridized carbons (Fsp3) is 0. The molecule has 0 aromatic carbocycles. The molecule has 2 aromatic heterocycles. The van der Waals surface area contributed by atoms with Gasteiger partial charge >= 0.3 is 0 Å². The van der Waals surface area contributed by atoms with E-state index in [2.05, 4.69) is 21.8 Å². The Labute approximate surface area is 75.0 Å². The second-order valence-corrected chi connectivity index (χ2v) is 2.50. The maximum atomic E-state index is 8.25. The van der Waals surface area contributed by atoms with Crippen LogP contribution in [-0.2, 0) is 0 Å². The lowest BCUT2D eigenvalue weighted by Gasteiger charge is -1.89. The molecular weight excluding hydrogens is 162 g/mol. The number of H-pyrrole nitrogens is 1. The van der Waals surface area contributed by atoms with Crippen LogP contribution in [0.25, 0.3) is 11.0 Å². The summed E-state index contributed by atoms with van der Waals surface area (Å²) in [5, 5.41) is 9.26. The summed E-state index contributed by atoms with van der Waals surface area (Å²) in [4.78, 5) is 7.11. The predicted molar refractivity (Wildman–Crippen MR) is 48.6 cm³/mol. The van der Waals surface area contributed by atoms with Gasteiger partial charge in [-0.1, -0.05) is 0 Å². The van der Waals surface area contributed by atoms with E-state index < -0.39 is 0 Å². The fourth-order valence-corrected chi connectivity index (χ4v) is 1.11.